The first-order chi connectivity index (χ1) is 8.21. The molecule has 1 heterocycles. The summed E-state index contributed by atoms with van der Waals surface area (Å²) in [6.45, 7) is 10.8. The van der Waals surface area contributed by atoms with Gasteiger partial charge in [-0.15, -0.1) is 11.3 Å². The molecule has 0 fully saturated rings. The zero-order chi connectivity index (χ0) is 12.7. The molecule has 0 bridgehead atoms. The Morgan fingerprint density at radius 1 is 1.35 bits per heavy atom. The zero-order valence-electron chi connectivity index (χ0n) is 11.1. The van der Waals surface area contributed by atoms with Crippen LogP contribution in [0.2, 0.25) is 0 Å². The van der Waals surface area contributed by atoms with Gasteiger partial charge in [0.25, 0.3) is 0 Å². The highest BCUT2D eigenvalue weighted by Crippen LogP contribution is 2.32. The minimum atomic E-state index is 0.476. The Balaban J connectivity index is 2.38. The maximum Gasteiger partial charge on any atom is 0.0514 e. The average Bonchev–Trinajstić information content (AvgIpc) is 2.76. The van der Waals surface area contributed by atoms with Crippen LogP contribution in [0.5, 0.6) is 0 Å². The van der Waals surface area contributed by atoms with Crippen LogP contribution in [0.1, 0.15) is 28.9 Å². The van der Waals surface area contributed by atoms with E-state index in [0.29, 0.717) is 5.25 Å². The van der Waals surface area contributed by atoms with Crippen LogP contribution in [0.3, 0.4) is 0 Å². The van der Waals surface area contributed by atoms with E-state index in [9.17, 15) is 0 Å². The van der Waals surface area contributed by atoms with Crippen molar-refractivity contribution in [2.45, 2.75) is 26.0 Å². The molecule has 1 unspecified atom stereocenters. The Morgan fingerprint density at radius 3 is 2.53 bits per heavy atom. The quantitative estimate of drug-likeness (QED) is 0.788. The van der Waals surface area contributed by atoms with Crippen molar-refractivity contribution in [1.29, 1.82) is 0 Å². The summed E-state index contributed by atoms with van der Waals surface area (Å²) >= 11 is 3.87. The molecule has 0 spiro atoms. The predicted octanol–water partition coefficient (Wildman–Crippen LogP) is 3.13. The van der Waals surface area contributed by atoms with Gasteiger partial charge >= 0.3 is 0 Å². The lowest BCUT2D eigenvalue weighted by Crippen LogP contribution is -2.25. The van der Waals surface area contributed by atoms with E-state index in [1.165, 1.54) is 22.1 Å². The predicted molar refractivity (Wildman–Crippen MR) is 81.1 cm³/mol. The molecule has 0 saturated carbocycles. The van der Waals surface area contributed by atoms with Crippen LogP contribution in [0.25, 0.3) is 0 Å². The van der Waals surface area contributed by atoms with E-state index in [2.05, 4.69) is 37.8 Å². The SMILES string of the molecule is CCN(CC)CCSC(CN)c1ccc(C)s1. The van der Waals surface area contributed by atoms with Gasteiger partial charge in [-0.05, 0) is 32.1 Å². The highest BCUT2D eigenvalue weighted by molar-refractivity contribution is 7.99. The van der Waals surface area contributed by atoms with Gasteiger partial charge in [-0.3, -0.25) is 0 Å². The summed E-state index contributed by atoms with van der Waals surface area (Å²) in [5.41, 5.74) is 5.87. The third kappa shape index (κ3) is 5.00. The van der Waals surface area contributed by atoms with Crippen molar-refractivity contribution >= 4 is 23.1 Å². The number of thioether (sulfide) groups is 1. The molecule has 98 valence electrons. The van der Waals surface area contributed by atoms with Crippen LogP contribution < -0.4 is 5.73 Å². The molecule has 1 atom stereocenters. The monoisotopic (exact) mass is 272 g/mol. The third-order valence-corrected chi connectivity index (χ3v) is 5.44. The molecule has 0 radical (unpaired) electrons. The normalized spacial score (nSPS) is 13.2. The molecule has 0 aromatic carbocycles. The molecule has 2 nitrogen and oxygen atoms in total. The van der Waals surface area contributed by atoms with Crippen molar-refractivity contribution in [3.8, 4) is 0 Å². The van der Waals surface area contributed by atoms with Crippen molar-refractivity contribution in [1.82, 2.24) is 4.90 Å². The van der Waals surface area contributed by atoms with Crippen molar-refractivity contribution < 1.29 is 0 Å². The number of nitrogens with two attached hydrogens (primary N) is 1. The number of hydrogen-bond donors (Lipinski definition) is 1. The van der Waals surface area contributed by atoms with E-state index in [-0.39, 0.29) is 0 Å². The second-order valence-electron chi connectivity index (χ2n) is 4.07. The molecule has 1 aromatic rings. The molecule has 17 heavy (non-hydrogen) atoms. The van der Waals surface area contributed by atoms with Crippen LogP contribution in [0, 0.1) is 6.92 Å². The maximum atomic E-state index is 5.87. The van der Waals surface area contributed by atoms with Gasteiger partial charge < -0.3 is 10.6 Å². The van der Waals surface area contributed by atoms with Gasteiger partial charge in [-0.2, -0.15) is 11.8 Å². The van der Waals surface area contributed by atoms with Crippen molar-refractivity contribution in [3.05, 3.63) is 21.9 Å². The summed E-state index contributed by atoms with van der Waals surface area (Å²) in [7, 11) is 0. The minimum absolute atomic E-state index is 0.476. The second-order valence-corrected chi connectivity index (χ2v) is 6.70. The molecule has 0 saturated heterocycles. The molecule has 0 aliphatic rings. The van der Waals surface area contributed by atoms with Gasteiger partial charge in [-0.1, -0.05) is 13.8 Å². The zero-order valence-corrected chi connectivity index (χ0v) is 12.7. The van der Waals surface area contributed by atoms with Crippen LogP contribution in [-0.2, 0) is 0 Å². The third-order valence-electron chi connectivity index (χ3n) is 2.91. The van der Waals surface area contributed by atoms with E-state index in [0.717, 1.165) is 19.6 Å². The van der Waals surface area contributed by atoms with Crippen molar-refractivity contribution in [2.24, 2.45) is 5.73 Å². The Bertz CT molecular complexity index is 308. The number of nitrogens with zero attached hydrogens (tertiary/aromatic N) is 1. The summed E-state index contributed by atoms with van der Waals surface area (Å²) in [4.78, 5) is 5.26. The maximum absolute atomic E-state index is 5.87. The standard InChI is InChI=1S/C13H24N2S2/c1-4-15(5-2)8-9-16-13(10-14)12-7-6-11(3)17-12/h6-7,13H,4-5,8-10,14H2,1-3H3. The Hall–Kier alpha value is -0.0300. The average molecular weight is 272 g/mol. The topological polar surface area (TPSA) is 29.3 Å². The van der Waals surface area contributed by atoms with Gasteiger partial charge in [0.05, 0.1) is 5.25 Å². The van der Waals surface area contributed by atoms with Gasteiger partial charge in [-0.25, -0.2) is 0 Å². The first-order valence-corrected chi connectivity index (χ1v) is 8.18. The molecule has 0 aliphatic carbocycles. The Kier molecular flexibility index (Phi) is 7.19. The summed E-state index contributed by atoms with van der Waals surface area (Å²) in [6.07, 6.45) is 0. The molecular weight excluding hydrogens is 248 g/mol. The Morgan fingerprint density at radius 2 is 2.06 bits per heavy atom. The smallest absolute Gasteiger partial charge is 0.0514 e. The molecule has 1 aromatic heterocycles. The first-order valence-electron chi connectivity index (χ1n) is 6.31. The van der Waals surface area contributed by atoms with E-state index in [4.69, 9.17) is 5.73 Å². The second kappa shape index (κ2) is 8.14. The number of thiophene rings is 1. The fraction of sp³-hybridized carbons (Fsp3) is 0.692. The van der Waals surface area contributed by atoms with E-state index in [1.807, 2.05) is 23.1 Å². The molecule has 0 aliphatic heterocycles. The van der Waals surface area contributed by atoms with E-state index < -0.39 is 0 Å². The summed E-state index contributed by atoms with van der Waals surface area (Å²) in [6, 6.07) is 4.41. The minimum Gasteiger partial charge on any atom is -0.329 e. The number of rotatable bonds is 8. The summed E-state index contributed by atoms with van der Waals surface area (Å²) in [5.74, 6) is 1.17. The molecular formula is C13H24N2S2. The molecule has 1 rings (SSSR count). The lowest BCUT2D eigenvalue weighted by Gasteiger charge is -2.19. The lowest BCUT2D eigenvalue weighted by atomic mass is 10.3. The van der Waals surface area contributed by atoms with E-state index >= 15 is 0 Å². The molecule has 4 heteroatoms. The Labute approximate surface area is 114 Å². The van der Waals surface area contributed by atoms with Crippen LogP contribution in [0.4, 0.5) is 0 Å². The van der Waals surface area contributed by atoms with Crippen molar-refractivity contribution in [2.75, 3.05) is 31.9 Å². The summed E-state index contributed by atoms with van der Waals surface area (Å²) < 4.78 is 0. The van der Waals surface area contributed by atoms with E-state index in [1.54, 1.807) is 0 Å². The molecule has 0 amide bonds. The fourth-order valence-electron chi connectivity index (χ4n) is 1.76. The lowest BCUT2D eigenvalue weighted by molar-refractivity contribution is 0.324. The van der Waals surface area contributed by atoms with Crippen molar-refractivity contribution in [3.63, 3.8) is 0 Å². The fourth-order valence-corrected chi connectivity index (χ4v) is 4.00. The number of hydrogen-bond acceptors (Lipinski definition) is 4. The van der Waals surface area contributed by atoms with Gasteiger partial charge in [0.2, 0.25) is 0 Å². The van der Waals surface area contributed by atoms with Crippen LogP contribution in [0.15, 0.2) is 12.1 Å². The highest BCUT2D eigenvalue weighted by atomic mass is 32.2. The highest BCUT2D eigenvalue weighted by Gasteiger charge is 2.12. The van der Waals surface area contributed by atoms with Gasteiger partial charge in [0, 0.05) is 28.6 Å². The number of aryl methyl sites for hydroxylation is 1. The van der Waals surface area contributed by atoms with Gasteiger partial charge in [0.15, 0.2) is 0 Å². The van der Waals surface area contributed by atoms with Gasteiger partial charge in [0.1, 0.15) is 0 Å². The summed E-state index contributed by atoms with van der Waals surface area (Å²) in [5, 5.41) is 0.476. The largest absolute Gasteiger partial charge is 0.329 e. The first kappa shape index (κ1) is 15.0. The molecule has 2 N–H and O–H groups in total. The van der Waals surface area contributed by atoms with Crippen LogP contribution in [-0.4, -0.2) is 36.8 Å². The van der Waals surface area contributed by atoms with Crippen LogP contribution >= 0.6 is 23.1 Å².